The van der Waals surface area contributed by atoms with Crippen LogP contribution in [0.2, 0.25) is 5.02 Å². The number of amides is 1. The zero-order valence-electron chi connectivity index (χ0n) is 17.3. The molecule has 0 spiro atoms. The molecular weight excluding hydrogens is 453 g/mol. The molecule has 1 N–H and O–H groups in total. The van der Waals surface area contributed by atoms with Gasteiger partial charge in [-0.3, -0.25) is 14.2 Å². The van der Waals surface area contributed by atoms with Crippen LogP contribution in [0.25, 0.3) is 21.3 Å². The van der Waals surface area contributed by atoms with Gasteiger partial charge in [0.05, 0.1) is 23.3 Å². The highest BCUT2D eigenvalue weighted by Crippen LogP contribution is 2.36. The van der Waals surface area contributed by atoms with Crippen molar-refractivity contribution in [2.45, 2.75) is 20.4 Å². The van der Waals surface area contributed by atoms with Crippen LogP contribution in [0.15, 0.2) is 53.6 Å². The Balaban J connectivity index is 1.66. The van der Waals surface area contributed by atoms with E-state index in [1.165, 1.54) is 34.4 Å². The van der Waals surface area contributed by atoms with Gasteiger partial charge in [0.25, 0.3) is 5.56 Å². The molecule has 4 rings (SSSR count). The second kappa shape index (κ2) is 9.10. The number of hydrogen-bond donors (Lipinski definition) is 1. The highest BCUT2D eigenvalue weighted by molar-refractivity contribution is 7.19. The van der Waals surface area contributed by atoms with E-state index in [9.17, 15) is 14.0 Å². The topological polar surface area (TPSA) is 73.2 Å². The van der Waals surface area contributed by atoms with Crippen molar-refractivity contribution < 1.29 is 13.9 Å². The average molecular weight is 472 g/mol. The molecule has 164 valence electrons. The molecule has 0 aliphatic rings. The lowest BCUT2D eigenvalue weighted by atomic mass is 10.0. The Hall–Kier alpha value is -3.23. The quantitative estimate of drug-likeness (QED) is 0.416. The van der Waals surface area contributed by atoms with Crippen molar-refractivity contribution >= 4 is 44.7 Å². The predicted octanol–water partition coefficient (Wildman–Crippen LogP) is 5.26. The van der Waals surface area contributed by atoms with Gasteiger partial charge in [0.2, 0.25) is 5.91 Å². The molecule has 0 saturated heterocycles. The summed E-state index contributed by atoms with van der Waals surface area (Å²) in [6, 6.07) is 11.4. The number of carbonyl (C=O) groups is 1. The molecule has 0 unspecified atom stereocenters. The van der Waals surface area contributed by atoms with Gasteiger partial charge in [-0.25, -0.2) is 9.37 Å². The number of aromatic nitrogens is 2. The first kappa shape index (κ1) is 22.0. The number of fused-ring (bicyclic) bond motifs is 1. The molecule has 1 amide bonds. The third-order valence-corrected chi connectivity index (χ3v) is 6.13. The van der Waals surface area contributed by atoms with Gasteiger partial charge in [0.1, 0.15) is 22.9 Å². The van der Waals surface area contributed by atoms with Crippen molar-refractivity contribution in [3.8, 4) is 16.9 Å². The largest absolute Gasteiger partial charge is 0.494 e. The van der Waals surface area contributed by atoms with Gasteiger partial charge in [0.15, 0.2) is 0 Å². The van der Waals surface area contributed by atoms with Crippen molar-refractivity contribution in [1.82, 2.24) is 9.55 Å². The number of rotatable bonds is 6. The summed E-state index contributed by atoms with van der Waals surface area (Å²) in [4.78, 5) is 31.7. The van der Waals surface area contributed by atoms with Crippen LogP contribution in [0, 0.1) is 12.7 Å². The summed E-state index contributed by atoms with van der Waals surface area (Å²) in [5.74, 6) is -0.280. The Morgan fingerprint density at radius 1 is 1.25 bits per heavy atom. The monoisotopic (exact) mass is 471 g/mol. The van der Waals surface area contributed by atoms with Crippen LogP contribution >= 0.6 is 22.9 Å². The normalized spacial score (nSPS) is 11.0. The summed E-state index contributed by atoms with van der Waals surface area (Å²) in [5.41, 5.74) is 1.70. The van der Waals surface area contributed by atoms with E-state index in [2.05, 4.69) is 10.3 Å². The Morgan fingerprint density at radius 3 is 2.69 bits per heavy atom. The van der Waals surface area contributed by atoms with Crippen molar-refractivity contribution in [2.24, 2.45) is 0 Å². The Morgan fingerprint density at radius 2 is 2.00 bits per heavy atom. The second-order valence-electron chi connectivity index (χ2n) is 7.03. The van der Waals surface area contributed by atoms with E-state index in [0.29, 0.717) is 22.5 Å². The van der Waals surface area contributed by atoms with Crippen LogP contribution in [-0.2, 0) is 11.3 Å². The van der Waals surface area contributed by atoms with Gasteiger partial charge in [-0.05, 0) is 49.7 Å². The molecule has 2 heterocycles. The first-order chi connectivity index (χ1) is 15.4. The average Bonchev–Trinajstić information content (AvgIpc) is 3.10. The second-order valence-corrected chi connectivity index (χ2v) is 8.64. The van der Waals surface area contributed by atoms with E-state index < -0.39 is 11.7 Å². The number of halogens is 2. The lowest BCUT2D eigenvalue weighted by molar-refractivity contribution is -0.116. The first-order valence-electron chi connectivity index (χ1n) is 9.84. The van der Waals surface area contributed by atoms with Crippen LogP contribution in [0.5, 0.6) is 5.75 Å². The minimum Gasteiger partial charge on any atom is -0.494 e. The molecule has 0 atom stereocenters. The summed E-state index contributed by atoms with van der Waals surface area (Å²) >= 11 is 7.18. The molecule has 0 saturated carbocycles. The van der Waals surface area contributed by atoms with Crippen LogP contribution in [0.4, 0.5) is 10.1 Å². The smallest absolute Gasteiger partial charge is 0.263 e. The third kappa shape index (κ3) is 4.37. The van der Waals surface area contributed by atoms with Gasteiger partial charge in [0, 0.05) is 16.1 Å². The molecule has 4 aromatic rings. The minimum atomic E-state index is -0.579. The molecule has 2 aromatic carbocycles. The molecule has 32 heavy (non-hydrogen) atoms. The van der Waals surface area contributed by atoms with E-state index in [4.69, 9.17) is 16.3 Å². The van der Waals surface area contributed by atoms with Crippen LogP contribution in [-0.4, -0.2) is 22.1 Å². The van der Waals surface area contributed by atoms with Gasteiger partial charge >= 0.3 is 0 Å². The third-order valence-electron chi connectivity index (χ3n) is 4.83. The Bertz CT molecular complexity index is 1370. The maximum Gasteiger partial charge on any atom is 0.263 e. The fraction of sp³-hybridized carbons (Fsp3) is 0.174. The Labute approximate surface area is 192 Å². The van der Waals surface area contributed by atoms with Crippen molar-refractivity contribution in [3.05, 3.63) is 74.9 Å². The molecule has 0 aliphatic carbocycles. The first-order valence-corrected chi connectivity index (χ1v) is 11.0. The number of aryl methyl sites for hydroxylation is 1. The molecule has 0 bridgehead atoms. The van der Waals surface area contributed by atoms with E-state index >= 15 is 0 Å². The lowest BCUT2D eigenvalue weighted by Gasteiger charge is -2.09. The Kier molecular flexibility index (Phi) is 6.25. The molecule has 0 fully saturated rings. The SMILES string of the molecule is CCOc1ccc(-c2c(C)sc3ncn(CC(=O)Nc4ccc(F)c(Cl)c4)c(=O)c23)cc1. The lowest BCUT2D eigenvalue weighted by Crippen LogP contribution is -2.27. The van der Waals surface area contributed by atoms with Gasteiger partial charge in [-0.1, -0.05) is 23.7 Å². The van der Waals surface area contributed by atoms with Crippen LogP contribution < -0.4 is 15.6 Å². The molecular formula is C23H19ClFN3O3S. The van der Waals surface area contributed by atoms with E-state index in [1.54, 1.807) is 0 Å². The van der Waals surface area contributed by atoms with Crippen molar-refractivity contribution in [2.75, 3.05) is 11.9 Å². The van der Waals surface area contributed by atoms with E-state index in [1.807, 2.05) is 38.1 Å². The zero-order chi connectivity index (χ0) is 22.8. The number of benzene rings is 2. The number of hydrogen-bond acceptors (Lipinski definition) is 5. The van der Waals surface area contributed by atoms with Gasteiger partial charge < -0.3 is 10.1 Å². The maximum atomic E-state index is 13.3. The van der Waals surface area contributed by atoms with Gasteiger partial charge in [-0.15, -0.1) is 11.3 Å². The zero-order valence-corrected chi connectivity index (χ0v) is 18.9. The fourth-order valence-electron chi connectivity index (χ4n) is 3.41. The number of carbonyl (C=O) groups excluding carboxylic acids is 1. The number of nitrogens with one attached hydrogen (secondary N) is 1. The highest BCUT2D eigenvalue weighted by atomic mass is 35.5. The van der Waals surface area contributed by atoms with Crippen molar-refractivity contribution in [1.29, 1.82) is 0 Å². The highest BCUT2D eigenvalue weighted by Gasteiger charge is 2.18. The molecule has 0 aliphatic heterocycles. The van der Waals surface area contributed by atoms with Crippen LogP contribution in [0.3, 0.4) is 0 Å². The summed E-state index contributed by atoms with van der Waals surface area (Å²) in [5, 5.41) is 2.98. The molecule has 2 aromatic heterocycles. The van der Waals surface area contributed by atoms with Gasteiger partial charge in [-0.2, -0.15) is 0 Å². The number of anilines is 1. The standard InChI is InChI=1S/C23H19ClFN3O3S/c1-3-31-16-7-4-14(5-8-16)20-13(2)32-22-21(20)23(30)28(12-26-22)11-19(29)27-15-6-9-18(25)17(24)10-15/h4-10,12H,3,11H2,1-2H3,(H,27,29). The van der Waals surface area contributed by atoms with Crippen molar-refractivity contribution in [3.63, 3.8) is 0 Å². The number of nitrogens with zero attached hydrogens (tertiary/aromatic N) is 2. The molecule has 9 heteroatoms. The maximum absolute atomic E-state index is 13.3. The minimum absolute atomic E-state index is 0.100. The number of thiophene rings is 1. The summed E-state index contributed by atoms with van der Waals surface area (Å²) in [7, 11) is 0. The summed E-state index contributed by atoms with van der Waals surface area (Å²) in [6.45, 7) is 4.18. The van der Waals surface area contributed by atoms with E-state index in [-0.39, 0.29) is 17.1 Å². The summed E-state index contributed by atoms with van der Waals surface area (Å²) < 4.78 is 20.1. The molecule has 6 nitrogen and oxygen atoms in total. The number of ether oxygens (including phenoxy) is 1. The molecule has 0 radical (unpaired) electrons. The predicted molar refractivity (Wildman–Crippen MR) is 125 cm³/mol. The summed E-state index contributed by atoms with van der Waals surface area (Å²) in [6.07, 6.45) is 1.36. The van der Waals surface area contributed by atoms with E-state index in [0.717, 1.165) is 27.8 Å². The fourth-order valence-corrected chi connectivity index (χ4v) is 4.60. The van der Waals surface area contributed by atoms with Crippen LogP contribution in [0.1, 0.15) is 11.8 Å².